The summed E-state index contributed by atoms with van der Waals surface area (Å²) in [6.07, 6.45) is 7.60. The normalized spacial score (nSPS) is 17.0. The zero-order valence-electron chi connectivity index (χ0n) is 15.5. The number of nitrogens with zero attached hydrogens (tertiary/aromatic N) is 4. The maximum absolute atomic E-state index is 5.96. The summed E-state index contributed by atoms with van der Waals surface area (Å²) in [6, 6.07) is 6.95. The van der Waals surface area contributed by atoms with Gasteiger partial charge in [-0.3, -0.25) is 4.90 Å². The van der Waals surface area contributed by atoms with Crippen molar-refractivity contribution in [1.29, 1.82) is 0 Å². The summed E-state index contributed by atoms with van der Waals surface area (Å²) in [7, 11) is 2.07. The zero-order chi connectivity index (χ0) is 17.1. The molecule has 2 N–H and O–H groups in total. The van der Waals surface area contributed by atoms with Crippen LogP contribution in [0.4, 0.5) is 11.4 Å². The second-order valence-electron chi connectivity index (χ2n) is 7.04. The van der Waals surface area contributed by atoms with E-state index >= 15 is 0 Å². The molecule has 1 atom stereocenters. The fraction of sp³-hybridized carbons (Fsp3) is 0.526. The summed E-state index contributed by atoms with van der Waals surface area (Å²) >= 11 is 0. The molecular weight excluding hydrogens is 334 g/mol. The van der Waals surface area contributed by atoms with Gasteiger partial charge < -0.3 is 23.0 Å². The van der Waals surface area contributed by atoms with E-state index in [1.54, 1.807) is 0 Å². The Morgan fingerprint density at radius 1 is 1.20 bits per heavy atom. The predicted molar refractivity (Wildman–Crippen MR) is 99.1 cm³/mol. The number of nitrogen functional groups attached to an aromatic ring is 1. The monoisotopic (exact) mass is 363 g/mol. The van der Waals surface area contributed by atoms with Crippen LogP contribution in [0.5, 0.6) is 0 Å². The van der Waals surface area contributed by atoms with Gasteiger partial charge in [-0.2, -0.15) is 0 Å². The molecule has 1 fully saturated rings. The first kappa shape index (κ1) is 19.6. The molecule has 2 aromatic rings. The van der Waals surface area contributed by atoms with Crippen LogP contribution >= 0.6 is 0 Å². The van der Waals surface area contributed by atoms with Crippen LogP contribution in [0.15, 0.2) is 36.9 Å². The van der Waals surface area contributed by atoms with E-state index in [0.717, 1.165) is 31.9 Å². The Morgan fingerprint density at radius 2 is 2.00 bits per heavy atom. The second-order valence-corrected chi connectivity index (χ2v) is 7.04. The van der Waals surface area contributed by atoms with E-state index in [1.165, 1.54) is 24.2 Å². The van der Waals surface area contributed by atoms with Crippen LogP contribution in [0.3, 0.4) is 0 Å². The molecule has 0 bridgehead atoms. The smallest absolute Gasteiger partial charge is 0.243 e. The number of rotatable bonds is 4. The first-order valence-corrected chi connectivity index (χ1v) is 8.89. The van der Waals surface area contributed by atoms with Gasteiger partial charge >= 0.3 is 0 Å². The highest BCUT2D eigenvalue weighted by Crippen LogP contribution is 2.22. The molecule has 1 aromatic carbocycles. The van der Waals surface area contributed by atoms with Crippen LogP contribution in [-0.4, -0.2) is 41.7 Å². The van der Waals surface area contributed by atoms with Crippen molar-refractivity contribution in [3.05, 3.63) is 42.5 Å². The van der Waals surface area contributed by atoms with Crippen molar-refractivity contribution in [2.45, 2.75) is 32.9 Å². The van der Waals surface area contributed by atoms with Gasteiger partial charge in [0, 0.05) is 43.6 Å². The first-order valence-electron chi connectivity index (χ1n) is 8.89. The highest BCUT2D eigenvalue weighted by Gasteiger charge is 2.21. The van der Waals surface area contributed by atoms with Gasteiger partial charge in [-0.15, -0.1) is 0 Å². The van der Waals surface area contributed by atoms with Crippen LogP contribution in [0.25, 0.3) is 0 Å². The van der Waals surface area contributed by atoms with E-state index in [9.17, 15) is 0 Å². The molecule has 138 valence electrons. The molecule has 1 aliphatic heterocycles. The van der Waals surface area contributed by atoms with Crippen molar-refractivity contribution in [3.8, 4) is 0 Å². The van der Waals surface area contributed by atoms with E-state index in [-0.39, 0.29) is 12.4 Å². The van der Waals surface area contributed by atoms with Crippen molar-refractivity contribution in [2.24, 2.45) is 7.05 Å². The summed E-state index contributed by atoms with van der Waals surface area (Å²) in [4.78, 5) is 5.11. The van der Waals surface area contributed by atoms with E-state index in [4.69, 9.17) is 5.73 Å². The maximum atomic E-state index is 5.96. The highest BCUT2D eigenvalue weighted by atomic mass is 35.5. The lowest BCUT2D eigenvalue weighted by molar-refractivity contribution is -0.671. The largest absolute Gasteiger partial charge is 1.00 e. The topological polar surface area (TPSA) is 41.3 Å². The average Bonchev–Trinajstić information content (AvgIpc) is 2.82. The number of hydrogen-bond acceptors (Lipinski definition) is 3. The summed E-state index contributed by atoms with van der Waals surface area (Å²) in [5.74, 6) is 0. The lowest BCUT2D eigenvalue weighted by Gasteiger charge is -2.27. The molecule has 0 spiro atoms. The molecule has 2 heterocycles. The quantitative estimate of drug-likeness (QED) is 0.548. The van der Waals surface area contributed by atoms with E-state index < -0.39 is 0 Å². The average molecular weight is 364 g/mol. The van der Waals surface area contributed by atoms with Crippen molar-refractivity contribution in [3.63, 3.8) is 0 Å². The molecule has 1 unspecified atom stereocenters. The molecule has 1 saturated heterocycles. The Kier molecular flexibility index (Phi) is 6.73. The Balaban J connectivity index is 0.00000225. The summed E-state index contributed by atoms with van der Waals surface area (Å²) in [5, 5.41) is 0. The molecule has 3 rings (SSSR count). The van der Waals surface area contributed by atoms with Gasteiger partial charge in [0.05, 0.1) is 7.05 Å². The zero-order valence-corrected chi connectivity index (χ0v) is 16.3. The number of benzene rings is 1. The number of imidazole rings is 1. The van der Waals surface area contributed by atoms with Crippen LogP contribution < -0.4 is 27.6 Å². The summed E-state index contributed by atoms with van der Waals surface area (Å²) in [6.45, 7) is 9.93. The number of hydrogen-bond donors (Lipinski definition) is 1. The van der Waals surface area contributed by atoms with Crippen molar-refractivity contribution < 1.29 is 17.0 Å². The molecule has 0 radical (unpaired) electrons. The Morgan fingerprint density at radius 3 is 2.68 bits per heavy atom. The van der Waals surface area contributed by atoms with E-state index in [1.807, 2.05) is 6.07 Å². The van der Waals surface area contributed by atoms with Gasteiger partial charge in [-0.1, -0.05) is 0 Å². The summed E-state index contributed by atoms with van der Waals surface area (Å²) in [5.41, 5.74) is 9.30. The standard InChI is InChI=1S/C19H30N5.ClH/c1-16-13-18(5-6-19(16)20)24-8-4-7-23(11-12-24)17(2)14-22-10-9-21(3)15-22;/h5-6,9-10,13,15,17H,4,7-8,11-12,14,20H2,1-3H3;1H/q+1;/p-1. The Hall–Kier alpha value is -1.72. The lowest BCUT2D eigenvalue weighted by atomic mass is 10.1. The molecule has 1 aliphatic rings. The molecule has 0 saturated carbocycles. The minimum absolute atomic E-state index is 0. The minimum atomic E-state index is 0. The van der Waals surface area contributed by atoms with Crippen LogP contribution in [0.1, 0.15) is 18.9 Å². The first-order chi connectivity index (χ1) is 11.5. The number of aryl methyl sites for hydroxylation is 2. The number of aromatic nitrogens is 2. The van der Waals surface area contributed by atoms with E-state index in [0.29, 0.717) is 6.04 Å². The predicted octanol–water partition coefficient (Wildman–Crippen LogP) is -1.19. The van der Waals surface area contributed by atoms with Crippen molar-refractivity contribution in [1.82, 2.24) is 9.47 Å². The van der Waals surface area contributed by atoms with Gasteiger partial charge in [0.1, 0.15) is 18.9 Å². The molecule has 0 aliphatic carbocycles. The van der Waals surface area contributed by atoms with Crippen LogP contribution in [-0.2, 0) is 13.6 Å². The van der Waals surface area contributed by atoms with Gasteiger partial charge in [0.2, 0.25) is 6.33 Å². The van der Waals surface area contributed by atoms with Gasteiger partial charge in [-0.25, -0.2) is 9.13 Å². The van der Waals surface area contributed by atoms with Gasteiger partial charge in [0.25, 0.3) is 0 Å². The molecule has 6 heteroatoms. The van der Waals surface area contributed by atoms with Gasteiger partial charge in [0.15, 0.2) is 0 Å². The summed E-state index contributed by atoms with van der Waals surface area (Å²) < 4.78 is 4.37. The molecule has 0 amide bonds. The van der Waals surface area contributed by atoms with Crippen molar-refractivity contribution in [2.75, 3.05) is 36.8 Å². The molecule has 1 aromatic heterocycles. The van der Waals surface area contributed by atoms with Crippen LogP contribution in [0.2, 0.25) is 0 Å². The third-order valence-corrected chi connectivity index (χ3v) is 5.07. The third kappa shape index (κ3) is 4.89. The Labute approximate surface area is 157 Å². The fourth-order valence-electron chi connectivity index (χ4n) is 3.52. The second kappa shape index (κ2) is 8.59. The fourth-order valence-corrected chi connectivity index (χ4v) is 3.52. The number of nitrogens with two attached hydrogens (primary N) is 1. The van der Waals surface area contributed by atoms with Gasteiger partial charge in [-0.05, 0) is 44.0 Å². The van der Waals surface area contributed by atoms with Crippen LogP contribution in [0, 0.1) is 6.92 Å². The number of anilines is 2. The number of halogens is 1. The lowest BCUT2D eigenvalue weighted by Crippen LogP contribution is -3.00. The minimum Gasteiger partial charge on any atom is -1.00 e. The molecule has 25 heavy (non-hydrogen) atoms. The molecule has 5 nitrogen and oxygen atoms in total. The van der Waals surface area contributed by atoms with E-state index in [2.05, 4.69) is 70.7 Å². The highest BCUT2D eigenvalue weighted by molar-refractivity contribution is 5.58. The maximum Gasteiger partial charge on any atom is 0.243 e. The third-order valence-electron chi connectivity index (χ3n) is 5.07. The Bertz CT molecular complexity index is 684. The van der Waals surface area contributed by atoms with Crippen molar-refractivity contribution >= 4 is 11.4 Å². The molecular formula is C19H30ClN5. The SMILES string of the molecule is Cc1cc(N2CCCN(C(C)Cn3cc[n+](C)c3)CC2)ccc1N.[Cl-].